The van der Waals surface area contributed by atoms with Crippen LogP contribution in [0.4, 0.5) is 0 Å². The van der Waals surface area contributed by atoms with Crippen molar-refractivity contribution >= 4 is 17.2 Å². The predicted octanol–water partition coefficient (Wildman–Crippen LogP) is 2.43. The number of aryl methyl sites for hydroxylation is 1. The highest BCUT2D eigenvalue weighted by Gasteiger charge is 2.37. The van der Waals surface area contributed by atoms with E-state index in [-0.39, 0.29) is 36.3 Å². The predicted molar refractivity (Wildman–Crippen MR) is 85.2 cm³/mol. The number of nitrogens with one attached hydrogen (secondary N) is 1. The van der Waals surface area contributed by atoms with Gasteiger partial charge in [0.15, 0.2) is 5.69 Å². The number of hydrogen-bond donors (Lipinski definition) is 2. The van der Waals surface area contributed by atoms with Gasteiger partial charge in [-0.2, -0.15) is 0 Å². The summed E-state index contributed by atoms with van der Waals surface area (Å²) in [5.41, 5.74) is 0.939. The van der Waals surface area contributed by atoms with Gasteiger partial charge in [-0.3, -0.25) is 4.79 Å². The zero-order valence-corrected chi connectivity index (χ0v) is 13.9. The van der Waals surface area contributed by atoms with Crippen molar-refractivity contribution in [3.8, 4) is 0 Å². The lowest BCUT2D eigenvalue weighted by Crippen LogP contribution is -2.41. The summed E-state index contributed by atoms with van der Waals surface area (Å²) in [5, 5.41) is 18.5. The molecule has 0 radical (unpaired) electrons. The minimum absolute atomic E-state index is 0.113. The number of carbonyl (C=O) groups excluding carboxylic acids is 1. The molecule has 1 fully saturated rings. The maximum atomic E-state index is 12.6. The number of rotatable bonds is 6. The molecule has 1 unspecified atom stereocenters. The smallest absolute Gasteiger partial charge is 0.274 e. The second kappa shape index (κ2) is 6.82. The number of aliphatic hydroxyl groups excluding tert-OH is 1. The van der Waals surface area contributed by atoms with Gasteiger partial charge in [0, 0.05) is 12.0 Å². The van der Waals surface area contributed by atoms with E-state index in [0.29, 0.717) is 24.2 Å². The van der Waals surface area contributed by atoms with E-state index in [9.17, 15) is 9.90 Å². The molecule has 0 bridgehead atoms. The highest BCUT2D eigenvalue weighted by atomic mass is 32.1. The number of nitrogens with zero attached hydrogens (tertiary/aromatic N) is 1. The summed E-state index contributed by atoms with van der Waals surface area (Å²) in [4.78, 5) is 13.7. The van der Waals surface area contributed by atoms with Crippen LogP contribution in [0.2, 0.25) is 0 Å². The summed E-state index contributed by atoms with van der Waals surface area (Å²) < 4.78 is 10.2. The third-order valence-electron chi connectivity index (χ3n) is 4.25. The van der Waals surface area contributed by atoms with Gasteiger partial charge in [-0.1, -0.05) is 11.2 Å². The quantitative estimate of drug-likeness (QED) is 0.846. The van der Waals surface area contributed by atoms with E-state index in [0.717, 1.165) is 4.88 Å². The number of amides is 1. The van der Waals surface area contributed by atoms with Crippen LogP contribution < -0.4 is 5.32 Å². The van der Waals surface area contributed by atoms with E-state index in [1.807, 2.05) is 17.5 Å². The fraction of sp³-hybridized carbons (Fsp3) is 0.500. The van der Waals surface area contributed by atoms with Crippen LogP contribution in [0.25, 0.3) is 0 Å². The Balaban J connectivity index is 1.79. The van der Waals surface area contributed by atoms with E-state index >= 15 is 0 Å². The van der Waals surface area contributed by atoms with Crippen molar-refractivity contribution in [3.05, 3.63) is 39.4 Å². The zero-order valence-electron chi connectivity index (χ0n) is 13.1. The lowest BCUT2D eigenvalue weighted by atomic mass is 9.76. The van der Waals surface area contributed by atoms with Crippen molar-refractivity contribution in [3.63, 3.8) is 0 Å². The van der Waals surface area contributed by atoms with Crippen molar-refractivity contribution in [2.45, 2.75) is 38.5 Å². The lowest BCUT2D eigenvalue weighted by molar-refractivity contribution is 0.0240. The van der Waals surface area contributed by atoms with Gasteiger partial charge in [-0.15, -0.1) is 11.3 Å². The Morgan fingerprint density at radius 3 is 3.00 bits per heavy atom. The van der Waals surface area contributed by atoms with Crippen LogP contribution >= 0.6 is 11.3 Å². The molecule has 0 saturated heterocycles. The Hall–Kier alpha value is -1.70. The average Bonchev–Trinajstić information content (AvgIpc) is 3.13. The summed E-state index contributed by atoms with van der Waals surface area (Å²) in [6.07, 6.45) is 1.13. The second-order valence-corrected chi connectivity index (χ2v) is 6.83. The molecule has 7 heteroatoms. The number of ether oxygens (including phenoxy) is 1. The minimum atomic E-state index is -0.270. The highest BCUT2D eigenvalue weighted by Crippen LogP contribution is 2.39. The minimum Gasteiger partial charge on any atom is -0.393 e. The molecule has 1 amide bonds. The third kappa shape index (κ3) is 3.31. The molecular weight excluding hydrogens is 316 g/mol. The van der Waals surface area contributed by atoms with Gasteiger partial charge in [-0.05, 0) is 37.1 Å². The van der Waals surface area contributed by atoms with Crippen molar-refractivity contribution < 1.29 is 19.2 Å². The molecule has 1 aliphatic rings. The first-order valence-electron chi connectivity index (χ1n) is 7.56. The summed E-state index contributed by atoms with van der Waals surface area (Å²) >= 11 is 1.60. The summed E-state index contributed by atoms with van der Waals surface area (Å²) in [6, 6.07) is 3.85. The van der Waals surface area contributed by atoms with Gasteiger partial charge in [0.1, 0.15) is 5.76 Å². The largest absolute Gasteiger partial charge is 0.393 e. The molecule has 1 saturated carbocycles. The summed E-state index contributed by atoms with van der Waals surface area (Å²) in [7, 11) is 1.57. The first kappa shape index (κ1) is 16.2. The molecule has 0 spiro atoms. The Labute approximate surface area is 138 Å². The van der Waals surface area contributed by atoms with Crippen LogP contribution in [0.15, 0.2) is 22.0 Å². The average molecular weight is 336 g/mol. The molecule has 6 nitrogen and oxygen atoms in total. The molecular formula is C16H20N2O4S. The number of hydrogen-bond acceptors (Lipinski definition) is 6. The number of methoxy groups -OCH3 is 1. The van der Waals surface area contributed by atoms with Gasteiger partial charge in [0.25, 0.3) is 5.91 Å². The second-order valence-electron chi connectivity index (χ2n) is 5.85. The topological polar surface area (TPSA) is 84.6 Å². The van der Waals surface area contributed by atoms with Crippen molar-refractivity contribution in [2.75, 3.05) is 7.11 Å². The molecule has 1 aliphatic carbocycles. The van der Waals surface area contributed by atoms with Gasteiger partial charge in [-0.25, -0.2) is 0 Å². The standard InChI is InChI=1S/C16H20N2O4S/c1-9-12(8-21-2)15(18-22-9)16(20)17-14(10-6-11(19)7-10)13-4-3-5-23-13/h3-5,10-11,14,19H,6-8H2,1-2H3,(H,17,20). The molecule has 0 aromatic carbocycles. The Kier molecular flexibility index (Phi) is 4.79. The highest BCUT2D eigenvalue weighted by molar-refractivity contribution is 7.10. The number of carbonyl (C=O) groups is 1. The zero-order chi connectivity index (χ0) is 16.4. The molecule has 2 aromatic heterocycles. The monoisotopic (exact) mass is 336 g/mol. The molecule has 2 heterocycles. The van der Waals surface area contributed by atoms with Gasteiger partial charge in [0.2, 0.25) is 0 Å². The van der Waals surface area contributed by atoms with E-state index < -0.39 is 0 Å². The summed E-state index contributed by atoms with van der Waals surface area (Å²) in [5.74, 6) is 0.559. The Morgan fingerprint density at radius 1 is 1.61 bits per heavy atom. The maximum absolute atomic E-state index is 12.6. The van der Waals surface area contributed by atoms with Crippen LogP contribution in [0.3, 0.4) is 0 Å². The summed E-state index contributed by atoms with van der Waals surface area (Å²) in [6.45, 7) is 2.04. The molecule has 0 aliphatic heterocycles. The van der Waals surface area contributed by atoms with Crippen molar-refractivity contribution in [2.24, 2.45) is 5.92 Å². The fourth-order valence-electron chi connectivity index (χ4n) is 2.89. The van der Waals surface area contributed by atoms with Crippen LogP contribution in [0.1, 0.15) is 45.6 Å². The van der Waals surface area contributed by atoms with E-state index in [2.05, 4.69) is 10.5 Å². The van der Waals surface area contributed by atoms with E-state index in [4.69, 9.17) is 9.26 Å². The molecule has 2 aromatic rings. The Bertz CT molecular complexity index is 662. The molecule has 124 valence electrons. The van der Waals surface area contributed by atoms with Crippen molar-refractivity contribution in [1.29, 1.82) is 0 Å². The maximum Gasteiger partial charge on any atom is 0.274 e. The van der Waals surface area contributed by atoms with Crippen LogP contribution in [0.5, 0.6) is 0 Å². The normalized spacial score (nSPS) is 21.7. The van der Waals surface area contributed by atoms with E-state index in [1.165, 1.54) is 0 Å². The number of aromatic nitrogens is 1. The van der Waals surface area contributed by atoms with Crippen LogP contribution in [-0.2, 0) is 11.3 Å². The van der Waals surface area contributed by atoms with Crippen molar-refractivity contribution in [1.82, 2.24) is 10.5 Å². The molecule has 2 N–H and O–H groups in total. The van der Waals surface area contributed by atoms with Crippen LogP contribution in [0, 0.1) is 12.8 Å². The fourth-order valence-corrected chi connectivity index (χ4v) is 3.75. The van der Waals surface area contributed by atoms with E-state index in [1.54, 1.807) is 25.4 Å². The SMILES string of the molecule is COCc1c(C(=O)NC(c2cccs2)C2CC(O)C2)noc1C. The Morgan fingerprint density at radius 2 is 2.39 bits per heavy atom. The number of thiophene rings is 1. The molecule has 23 heavy (non-hydrogen) atoms. The lowest BCUT2D eigenvalue weighted by Gasteiger charge is -2.37. The third-order valence-corrected chi connectivity index (χ3v) is 5.20. The van der Waals surface area contributed by atoms with Crippen LogP contribution in [-0.4, -0.2) is 29.4 Å². The van der Waals surface area contributed by atoms with Gasteiger partial charge >= 0.3 is 0 Å². The number of aliphatic hydroxyl groups is 1. The first-order chi connectivity index (χ1) is 11.1. The van der Waals surface area contributed by atoms with Gasteiger partial charge in [0.05, 0.1) is 24.3 Å². The molecule has 3 rings (SSSR count). The first-order valence-corrected chi connectivity index (χ1v) is 8.44. The van der Waals surface area contributed by atoms with Gasteiger partial charge < -0.3 is 19.7 Å². The molecule has 1 atom stereocenters.